The average Bonchev–Trinajstić information content (AvgIpc) is 3.45. The van der Waals surface area contributed by atoms with E-state index in [-0.39, 0.29) is 11.8 Å². The van der Waals surface area contributed by atoms with Crippen molar-refractivity contribution in [1.82, 2.24) is 15.1 Å². The summed E-state index contributed by atoms with van der Waals surface area (Å²) >= 11 is 0. The molecule has 5 nitrogen and oxygen atoms in total. The maximum Gasteiger partial charge on any atom is 0.254 e. The van der Waals surface area contributed by atoms with Gasteiger partial charge < -0.3 is 15.1 Å². The fourth-order valence-corrected chi connectivity index (χ4v) is 4.78. The number of benzene rings is 1. The Bertz CT molecular complexity index is 819. The number of hydrogen-bond acceptors (Lipinski definition) is 3. The normalized spacial score (nSPS) is 22.4. The predicted octanol–water partition coefficient (Wildman–Crippen LogP) is 3.24. The minimum absolute atomic E-state index is 0.00431. The van der Waals surface area contributed by atoms with E-state index in [0.29, 0.717) is 6.04 Å². The lowest BCUT2D eigenvalue weighted by atomic mass is 9.92. The van der Waals surface area contributed by atoms with E-state index < -0.39 is 0 Å². The first-order valence-corrected chi connectivity index (χ1v) is 10.9. The molecule has 1 atom stereocenters. The first-order valence-electron chi connectivity index (χ1n) is 10.9. The second-order valence-electron chi connectivity index (χ2n) is 8.34. The van der Waals surface area contributed by atoms with Crippen LogP contribution in [0.4, 0.5) is 0 Å². The first kappa shape index (κ1) is 19.9. The summed E-state index contributed by atoms with van der Waals surface area (Å²) < 4.78 is 0. The van der Waals surface area contributed by atoms with Crippen LogP contribution in [-0.4, -0.2) is 60.9 Å². The van der Waals surface area contributed by atoms with Crippen molar-refractivity contribution in [3.05, 3.63) is 53.1 Å². The molecule has 2 amide bonds. The zero-order valence-electron chi connectivity index (χ0n) is 17.3. The highest BCUT2D eigenvalue weighted by atomic mass is 16.2. The molecule has 1 unspecified atom stereocenters. The number of hydrogen-bond donors (Lipinski definition) is 1. The van der Waals surface area contributed by atoms with E-state index in [2.05, 4.69) is 15.1 Å². The molecule has 1 aromatic rings. The Kier molecular flexibility index (Phi) is 6.14. The Labute approximate surface area is 173 Å². The first-order chi connectivity index (χ1) is 14.2. The number of amides is 2. The van der Waals surface area contributed by atoms with Gasteiger partial charge in [0.1, 0.15) is 0 Å². The fourth-order valence-electron chi connectivity index (χ4n) is 4.78. The Morgan fingerprint density at radius 1 is 1.00 bits per heavy atom. The Morgan fingerprint density at radius 3 is 2.41 bits per heavy atom. The number of carbonyl (C=O) groups excluding carboxylic acids is 2. The lowest BCUT2D eigenvalue weighted by molar-refractivity contribution is -0.117. The fraction of sp³-hybridized carbons (Fsp3) is 0.500. The number of likely N-dealkylation sites (N-methyl/N-ethyl adjacent to an activating group) is 1. The van der Waals surface area contributed by atoms with Crippen LogP contribution in [0.15, 0.2) is 42.0 Å². The average molecular weight is 394 g/mol. The van der Waals surface area contributed by atoms with E-state index in [0.717, 1.165) is 55.5 Å². The molecule has 29 heavy (non-hydrogen) atoms. The molecule has 154 valence electrons. The Morgan fingerprint density at radius 2 is 1.76 bits per heavy atom. The van der Waals surface area contributed by atoms with Crippen LogP contribution in [-0.2, 0) is 4.79 Å². The van der Waals surface area contributed by atoms with Gasteiger partial charge in [0.05, 0.1) is 0 Å². The molecule has 0 aromatic heterocycles. The standard InChI is InChI=1S/C24H31N3O2/c1-25-23(28)20-10-6-18(7-11-20)19-8-12-21(13-9-19)24(29)27-16-4-5-22(27)17-26-14-2-3-15-26/h6,8-10,12-13,22H,2-5,7,11,14-17H2,1H3,(H,25,28). The van der Waals surface area contributed by atoms with Gasteiger partial charge in [0.2, 0.25) is 5.91 Å². The van der Waals surface area contributed by atoms with Gasteiger partial charge in [-0.15, -0.1) is 0 Å². The van der Waals surface area contributed by atoms with E-state index in [9.17, 15) is 9.59 Å². The van der Waals surface area contributed by atoms with Crippen LogP contribution in [0.3, 0.4) is 0 Å². The van der Waals surface area contributed by atoms with Gasteiger partial charge in [0.15, 0.2) is 0 Å². The minimum Gasteiger partial charge on any atom is -0.355 e. The molecule has 1 N–H and O–H groups in total. The smallest absolute Gasteiger partial charge is 0.254 e. The van der Waals surface area contributed by atoms with Gasteiger partial charge in [-0.25, -0.2) is 0 Å². The summed E-state index contributed by atoms with van der Waals surface area (Å²) in [6, 6.07) is 8.37. The molecule has 1 aromatic carbocycles. The summed E-state index contributed by atoms with van der Waals surface area (Å²) in [4.78, 5) is 29.4. The van der Waals surface area contributed by atoms with Gasteiger partial charge in [-0.2, -0.15) is 0 Å². The molecule has 0 saturated carbocycles. The van der Waals surface area contributed by atoms with Crippen LogP contribution >= 0.6 is 0 Å². The monoisotopic (exact) mass is 393 g/mol. The van der Waals surface area contributed by atoms with Crippen molar-refractivity contribution in [2.75, 3.05) is 33.2 Å². The highest BCUT2D eigenvalue weighted by Crippen LogP contribution is 2.28. The van der Waals surface area contributed by atoms with Gasteiger partial charge in [-0.3, -0.25) is 9.59 Å². The molecule has 4 rings (SSSR count). The van der Waals surface area contributed by atoms with Crippen LogP contribution < -0.4 is 5.32 Å². The summed E-state index contributed by atoms with van der Waals surface area (Å²) in [5.74, 6) is 0.160. The molecule has 0 bridgehead atoms. The van der Waals surface area contributed by atoms with Crippen LogP contribution in [0.5, 0.6) is 0 Å². The maximum atomic E-state index is 13.1. The van der Waals surface area contributed by atoms with Crippen LogP contribution in [0.1, 0.15) is 54.4 Å². The third-order valence-corrected chi connectivity index (χ3v) is 6.48. The quantitative estimate of drug-likeness (QED) is 0.836. The van der Waals surface area contributed by atoms with Crippen molar-refractivity contribution in [2.24, 2.45) is 0 Å². The van der Waals surface area contributed by atoms with Gasteiger partial charge in [-0.05, 0) is 74.9 Å². The SMILES string of the molecule is CNC(=O)C1=CC=C(c2ccc(C(=O)N3CCCC3CN3CCCC3)cc2)CC1. The van der Waals surface area contributed by atoms with Crippen molar-refractivity contribution in [2.45, 2.75) is 44.6 Å². The van der Waals surface area contributed by atoms with Crippen molar-refractivity contribution in [1.29, 1.82) is 0 Å². The predicted molar refractivity (Wildman–Crippen MR) is 116 cm³/mol. The van der Waals surface area contributed by atoms with Crippen LogP contribution in [0.2, 0.25) is 0 Å². The summed E-state index contributed by atoms with van der Waals surface area (Å²) in [6.45, 7) is 4.25. The Hall–Kier alpha value is -2.40. The molecule has 3 aliphatic rings. The molecule has 1 aliphatic carbocycles. The van der Waals surface area contributed by atoms with E-state index >= 15 is 0 Å². The van der Waals surface area contributed by atoms with E-state index in [1.807, 2.05) is 36.4 Å². The molecule has 2 heterocycles. The Balaban J connectivity index is 1.42. The van der Waals surface area contributed by atoms with Gasteiger partial charge in [0.25, 0.3) is 5.91 Å². The lowest BCUT2D eigenvalue weighted by Gasteiger charge is -2.28. The maximum absolute atomic E-state index is 13.1. The molecular formula is C24H31N3O2. The number of allylic oxidation sites excluding steroid dienone is 3. The summed E-state index contributed by atoms with van der Waals surface area (Å²) in [5, 5.41) is 2.68. The second-order valence-corrected chi connectivity index (χ2v) is 8.34. The number of likely N-dealkylation sites (tertiary alicyclic amines) is 2. The van der Waals surface area contributed by atoms with Crippen LogP contribution in [0.25, 0.3) is 5.57 Å². The van der Waals surface area contributed by atoms with Gasteiger partial charge >= 0.3 is 0 Å². The molecule has 0 spiro atoms. The minimum atomic E-state index is -0.00431. The largest absolute Gasteiger partial charge is 0.355 e. The van der Waals surface area contributed by atoms with Crippen molar-refractivity contribution >= 4 is 17.4 Å². The van der Waals surface area contributed by atoms with Crippen LogP contribution in [0, 0.1) is 0 Å². The highest BCUT2D eigenvalue weighted by molar-refractivity contribution is 5.96. The number of carbonyl (C=O) groups is 2. The summed E-state index contributed by atoms with van der Waals surface area (Å²) in [7, 11) is 1.66. The molecular weight excluding hydrogens is 362 g/mol. The zero-order valence-corrected chi connectivity index (χ0v) is 17.3. The van der Waals surface area contributed by atoms with E-state index in [4.69, 9.17) is 0 Å². The number of nitrogens with zero attached hydrogens (tertiary/aromatic N) is 2. The molecule has 0 radical (unpaired) electrons. The summed E-state index contributed by atoms with van der Waals surface area (Å²) in [6.07, 6.45) is 10.3. The molecule has 2 aliphatic heterocycles. The third-order valence-electron chi connectivity index (χ3n) is 6.48. The molecule has 5 heteroatoms. The van der Waals surface area contributed by atoms with Crippen molar-refractivity contribution in [3.63, 3.8) is 0 Å². The molecule has 2 saturated heterocycles. The van der Waals surface area contributed by atoms with Gasteiger partial charge in [-0.1, -0.05) is 24.3 Å². The van der Waals surface area contributed by atoms with E-state index in [1.54, 1.807) is 7.05 Å². The van der Waals surface area contributed by atoms with Crippen molar-refractivity contribution < 1.29 is 9.59 Å². The second kappa shape index (κ2) is 8.95. The molecule has 2 fully saturated rings. The lowest BCUT2D eigenvalue weighted by Crippen LogP contribution is -2.42. The summed E-state index contributed by atoms with van der Waals surface area (Å²) in [5.41, 5.74) is 3.94. The zero-order chi connectivity index (χ0) is 20.2. The number of nitrogens with one attached hydrogen (secondary N) is 1. The third kappa shape index (κ3) is 4.45. The van der Waals surface area contributed by atoms with Gasteiger partial charge in [0, 0.05) is 37.3 Å². The highest BCUT2D eigenvalue weighted by Gasteiger charge is 2.31. The number of rotatable bonds is 5. The topological polar surface area (TPSA) is 52.7 Å². The van der Waals surface area contributed by atoms with Crippen molar-refractivity contribution in [3.8, 4) is 0 Å². The van der Waals surface area contributed by atoms with E-state index in [1.165, 1.54) is 31.5 Å².